The first-order valence-corrected chi connectivity index (χ1v) is 8.65. The van der Waals surface area contributed by atoms with Gasteiger partial charge in [0.25, 0.3) is 0 Å². The molecule has 2 aromatic heterocycles. The maximum Gasteiger partial charge on any atom is 0.125 e. The van der Waals surface area contributed by atoms with Gasteiger partial charge in [0.1, 0.15) is 5.01 Å². The largest absolute Gasteiger partial charge is 0.264 e. The molecule has 106 valence electrons. The molecule has 2 nitrogen and oxygen atoms in total. The summed E-state index contributed by atoms with van der Waals surface area (Å²) < 4.78 is 0. The van der Waals surface area contributed by atoms with Crippen LogP contribution in [-0.2, 0) is 6.42 Å². The van der Waals surface area contributed by atoms with Gasteiger partial charge in [-0.3, -0.25) is 4.98 Å². The summed E-state index contributed by atoms with van der Waals surface area (Å²) in [5.41, 5.74) is 3.93. The maximum absolute atomic E-state index is 4.93. The van der Waals surface area contributed by atoms with Gasteiger partial charge in [0.05, 0.1) is 5.69 Å². The van der Waals surface area contributed by atoms with Crippen LogP contribution in [-0.4, -0.2) is 9.97 Å². The van der Waals surface area contributed by atoms with E-state index >= 15 is 0 Å². The predicted molar refractivity (Wildman–Crippen MR) is 85.2 cm³/mol. The van der Waals surface area contributed by atoms with E-state index in [1.807, 2.05) is 12.4 Å². The molecule has 1 saturated carbocycles. The molecule has 2 aromatic rings. The van der Waals surface area contributed by atoms with Crippen LogP contribution in [0.4, 0.5) is 0 Å². The third-order valence-electron chi connectivity index (χ3n) is 4.21. The van der Waals surface area contributed by atoms with Crippen molar-refractivity contribution in [1.29, 1.82) is 0 Å². The highest BCUT2D eigenvalue weighted by atomic mass is 32.1. The summed E-state index contributed by atoms with van der Waals surface area (Å²) in [5.74, 6) is 0.694. The normalized spacial score (nSPS) is 16.4. The highest BCUT2D eigenvalue weighted by Crippen LogP contribution is 2.35. The van der Waals surface area contributed by atoms with E-state index in [9.17, 15) is 0 Å². The molecule has 0 amide bonds. The summed E-state index contributed by atoms with van der Waals surface area (Å²) in [6.07, 6.45) is 12.9. The number of nitrogens with zero attached hydrogens (tertiary/aromatic N) is 2. The lowest BCUT2D eigenvalue weighted by molar-refractivity contribution is 0.438. The third-order valence-corrected chi connectivity index (χ3v) is 5.10. The zero-order chi connectivity index (χ0) is 13.8. The molecule has 0 radical (unpaired) electrons. The molecule has 2 heterocycles. The monoisotopic (exact) mass is 286 g/mol. The van der Waals surface area contributed by atoms with Crippen LogP contribution in [0.15, 0.2) is 23.8 Å². The molecule has 0 saturated heterocycles. The Morgan fingerprint density at radius 3 is 2.90 bits per heavy atom. The van der Waals surface area contributed by atoms with Gasteiger partial charge in [0.15, 0.2) is 0 Å². The average Bonchev–Trinajstić information content (AvgIpc) is 2.99. The van der Waals surface area contributed by atoms with Crippen molar-refractivity contribution >= 4 is 11.3 Å². The van der Waals surface area contributed by atoms with Gasteiger partial charge < -0.3 is 0 Å². The molecule has 0 aromatic carbocycles. The average molecular weight is 286 g/mol. The minimum atomic E-state index is 0.694. The summed E-state index contributed by atoms with van der Waals surface area (Å²) in [6, 6.07) is 2.14. The van der Waals surface area contributed by atoms with Crippen molar-refractivity contribution in [3.8, 4) is 10.6 Å². The standard InChI is InChI=1S/C17H22N2S/c1-2-6-13-9-10-18-11-15(13)17-19-16(12-20-17)14-7-4-3-5-8-14/h9-12,14H,2-8H2,1H3. The second-order valence-corrected chi connectivity index (χ2v) is 6.55. The minimum Gasteiger partial charge on any atom is -0.264 e. The third kappa shape index (κ3) is 2.93. The van der Waals surface area contributed by atoms with E-state index in [-0.39, 0.29) is 0 Å². The van der Waals surface area contributed by atoms with Gasteiger partial charge in [-0.1, -0.05) is 32.6 Å². The summed E-state index contributed by atoms with van der Waals surface area (Å²) >= 11 is 1.79. The van der Waals surface area contributed by atoms with Crippen LogP contribution < -0.4 is 0 Å². The Labute approximate surface area is 125 Å². The van der Waals surface area contributed by atoms with Crippen LogP contribution in [0.1, 0.15) is 62.6 Å². The topological polar surface area (TPSA) is 25.8 Å². The summed E-state index contributed by atoms with van der Waals surface area (Å²) in [7, 11) is 0. The van der Waals surface area contributed by atoms with Crippen LogP contribution in [0.2, 0.25) is 0 Å². The Balaban J connectivity index is 1.86. The van der Waals surface area contributed by atoms with Crippen LogP contribution in [0.25, 0.3) is 10.6 Å². The second-order valence-electron chi connectivity index (χ2n) is 5.70. The fourth-order valence-corrected chi connectivity index (χ4v) is 4.05. The quantitative estimate of drug-likeness (QED) is 0.771. The molecule has 0 spiro atoms. The van der Waals surface area contributed by atoms with Crippen molar-refractivity contribution in [2.45, 2.75) is 57.8 Å². The zero-order valence-corrected chi connectivity index (χ0v) is 13.0. The fraction of sp³-hybridized carbons (Fsp3) is 0.529. The summed E-state index contributed by atoms with van der Waals surface area (Å²) in [6.45, 7) is 2.22. The number of aromatic nitrogens is 2. The molecule has 20 heavy (non-hydrogen) atoms. The van der Waals surface area contributed by atoms with Gasteiger partial charge in [-0.05, 0) is 30.9 Å². The number of hydrogen-bond acceptors (Lipinski definition) is 3. The molecule has 0 aliphatic heterocycles. The first kappa shape index (κ1) is 13.7. The zero-order valence-electron chi connectivity index (χ0n) is 12.1. The maximum atomic E-state index is 4.93. The number of hydrogen-bond donors (Lipinski definition) is 0. The van der Waals surface area contributed by atoms with Crippen molar-refractivity contribution in [1.82, 2.24) is 9.97 Å². The van der Waals surface area contributed by atoms with E-state index < -0.39 is 0 Å². The van der Waals surface area contributed by atoms with Gasteiger partial charge in [-0.2, -0.15) is 0 Å². The van der Waals surface area contributed by atoms with Crippen LogP contribution >= 0.6 is 11.3 Å². The van der Waals surface area contributed by atoms with Crippen LogP contribution in [0, 0.1) is 0 Å². The van der Waals surface area contributed by atoms with E-state index in [1.165, 1.54) is 48.9 Å². The summed E-state index contributed by atoms with van der Waals surface area (Å²) in [5, 5.41) is 3.43. The lowest BCUT2D eigenvalue weighted by Crippen LogP contribution is -2.04. The smallest absolute Gasteiger partial charge is 0.125 e. The van der Waals surface area contributed by atoms with Gasteiger partial charge >= 0.3 is 0 Å². The Kier molecular flexibility index (Phi) is 4.46. The van der Waals surface area contributed by atoms with Gasteiger partial charge in [-0.25, -0.2) is 4.98 Å². The minimum absolute atomic E-state index is 0.694. The molecule has 3 heteroatoms. The van der Waals surface area contributed by atoms with Crippen molar-refractivity contribution < 1.29 is 0 Å². The molecule has 0 N–H and O–H groups in total. The van der Waals surface area contributed by atoms with Crippen LogP contribution in [0.5, 0.6) is 0 Å². The molecule has 1 aliphatic rings. The van der Waals surface area contributed by atoms with E-state index in [4.69, 9.17) is 4.98 Å². The Morgan fingerprint density at radius 2 is 2.10 bits per heavy atom. The lowest BCUT2D eigenvalue weighted by Gasteiger charge is -2.19. The number of rotatable bonds is 4. The van der Waals surface area contributed by atoms with E-state index in [0.717, 1.165) is 17.8 Å². The van der Waals surface area contributed by atoms with Crippen LogP contribution in [0.3, 0.4) is 0 Å². The Hall–Kier alpha value is -1.22. The molecule has 0 bridgehead atoms. The van der Waals surface area contributed by atoms with Crippen molar-refractivity contribution in [3.63, 3.8) is 0 Å². The molecule has 0 atom stereocenters. The van der Waals surface area contributed by atoms with Crippen molar-refractivity contribution in [3.05, 3.63) is 35.1 Å². The lowest BCUT2D eigenvalue weighted by atomic mass is 9.87. The highest BCUT2D eigenvalue weighted by molar-refractivity contribution is 7.13. The fourth-order valence-electron chi connectivity index (χ4n) is 3.10. The molecule has 1 fully saturated rings. The van der Waals surface area contributed by atoms with E-state index in [1.54, 1.807) is 11.3 Å². The first-order chi connectivity index (χ1) is 9.88. The van der Waals surface area contributed by atoms with E-state index in [2.05, 4.69) is 23.4 Å². The molecular weight excluding hydrogens is 264 g/mol. The second kappa shape index (κ2) is 6.49. The SMILES string of the molecule is CCCc1ccncc1-c1nc(C2CCCCC2)cs1. The van der Waals surface area contributed by atoms with E-state index in [0.29, 0.717) is 5.92 Å². The first-order valence-electron chi connectivity index (χ1n) is 7.77. The number of pyridine rings is 1. The van der Waals surface area contributed by atoms with Crippen molar-refractivity contribution in [2.24, 2.45) is 0 Å². The van der Waals surface area contributed by atoms with Gasteiger partial charge in [0.2, 0.25) is 0 Å². The number of thiazole rings is 1. The van der Waals surface area contributed by atoms with Crippen molar-refractivity contribution in [2.75, 3.05) is 0 Å². The molecular formula is C17H22N2S. The molecule has 3 rings (SSSR count). The Morgan fingerprint density at radius 1 is 1.25 bits per heavy atom. The number of aryl methyl sites for hydroxylation is 1. The predicted octanol–water partition coefficient (Wildman–Crippen LogP) is 5.21. The Bertz CT molecular complexity index is 556. The van der Waals surface area contributed by atoms with Gasteiger partial charge in [-0.15, -0.1) is 11.3 Å². The van der Waals surface area contributed by atoms with Gasteiger partial charge in [0, 0.05) is 29.3 Å². The molecule has 0 unspecified atom stereocenters. The molecule has 1 aliphatic carbocycles. The summed E-state index contributed by atoms with van der Waals surface area (Å²) in [4.78, 5) is 9.22. The highest BCUT2D eigenvalue weighted by Gasteiger charge is 2.19.